The van der Waals surface area contributed by atoms with E-state index in [-0.39, 0.29) is 5.41 Å². The van der Waals surface area contributed by atoms with Crippen molar-refractivity contribution < 1.29 is 4.79 Å². The molecule has 0 bridgehead atoms. The van der Waals surface area contributed by atoms with Gasteiger partial charge < -0.3 is 9.80 Å². The minimum atomic E-state index is -0.198. The standard InChI is InChI=1S/C22H33N3OS/c26-21-22(9-11-25(21)14-18-7-4-8-18)16-24(13-17-5-2-1-3-6-17)15-19(22)20-23-10-12-27-20/h10,12,17-19H,1-9,11,13-16H2/t19-,22+/m1/s1. The molecule has 1 spiro atoms. The average Bonchev–Trinajstić information content (AvgIpc) is 3.35. The van der Waals surface area contributed by atoms with Gasteiger partial charge in [-0.1, -0.05) is 25.7 Å². The van der Waals surface area contributed by atoms with E-state index in [0.717, 1.165) is 44.4 Å². The third-order valence-electron chi connectivity index (χ3n) is 7.85. The van der Waals surface area contributed by atoms with Crippen molar-refractivity contribution in [3.05, 3.63) is 16.6 Å². The molecule has 5 heteroatoms. The van der Waals surface area contributed by atoms with Crippen LogP contribution >= 0.6 is 11.3 Å². The van der Waals surface area contributed by atoms with Gasteiger partial charge in [0.15, 0.2) is 0 Å². The zero-order valence-corrected chi connectivity index (χ0v) is 17.3. The topological polar surface area (TPSA) is 36.4 Å². The predicted molar refractivity (Wildman–Crippen MR) is 109 cm³/mol. The largest absolute Gasteiger partial charge is 0.342 e. The van der Waals surface area contributed by atoms with Crippen molar-refractivity contribution in [2.45, 2.75) is 63.7 Å². The van der Waals surface area contributed by atoms with Crippen molar-refractivity contribution in [3.63, 3.8) is 0 Å². The lowest BCUT2D eigenvalue weighted by Gasteiger charge is -2.32. The van der Waals surface area contributed by atoms with Crippen LogP contribution in [0.15, 0.2) is 11.6 Å². The molecule has 2 aliphatic carbocycles. The van der Waals surface area contributed by atoms with Crippen LogP contribution in [-0.4, -0.2) is 53.4 Å². The summed E-state index contributed by atoms with van der Waals surface area (Å²) in [6, 6.07) is 0. The summed E-state index contributed by atoms with van der Waals surface area (Å²) in [6.45, 7) is 5.17. The Labute approximate surface area is 167 Å². The monoisotopic (exact) mass is 387 g/mol. The zero-order chi connectivity index (χ0) is 18.3. The molecular formula is C22H33N3OS. The van der Waals surface area contributed by atoms with Gasteiger partial charge in [0.2, 0.25) is 5.91 Å². The molecule has 1 amide bonds. The zero-order valence-electron chi connectivity index (χ0n) is 16.4. The highest BCUT2D eigenvalue weighted by Crippen LogP contribution is 2.51. The molecule has 4 fully saturated rings. The predicted octanol–water partition coefficient (Wildman–Crippen LogP) is 4.14. The highest BCUT2D eigenvalue weighted by atomic mass is 32.1. The number of rotatable bonds is 5. The van der Waals surface area contributed by atoms with Crippen molar-refractivity contribution in [1.29, 1.82) is 0 Å². The number of thiazole rings is 1. The summed E-state index contributed by atoms with van der Waals surface area (Å²) in [5, 5.41) is 3.28. The van der Waals surface area contributed by atoms with E-state index < -0.39 is 0 Å². The highest BCUT2D eigenvalue weighted by Gasteiger charge is 2.58. The van der Waals surface area contributed by atoms with Crippen molar-refractivity contribution in [1.82, 2.24) is 14.8 Å². The van der Waals surface area contributed by atoms with Gasteiger partial charge in [0.1, 0.15) is 0 Å². The van der Waals surface area contributed by atoms with Crippen LogP contribution in [0.3, 0.4) is 0 Å². The first-order valence-electron chi connectivity index (χ1n) is 11.2. The molecule has 0 aromatic carbocycles. The molecule has 0 radical (unpaired) electrons. The van der Waals surface area contributed by atoms with Crippen LogP contribution in [0, 0.1) is 17.3 Å². The Morgan fingerprint density at radius 2 is 1.85 bits per heavy atom. The first-order valence-corrected chi connectivity index (χ1v) is 12.0. The molecule has 0 unspecified atom stereocenters. The molecule has 148 valence electrons. The van der Waals surface area contributed by atoms with E-state index in [1.54, 1.807) is 11.3 Å². The molecule has 4 nitrogen and oxygen atoms in total. The number of nitrogens with zero attached hydrogens (tertiary/aromatic N) is 3. The fourth-order valence-electron chi connectivity index (χ4n) is 6.09. The van der Waals surface area contributed by atoms with Crippen LogP contribution in [0.5, 0.6) is 0 Å². The minimum absolute atomic E-state index is 0.198. The van der Waals surface area contributed by atoms with Gasteiger partial charge in [0.25, 0.3) is 0 Å². The maximum atomic E-state index is 13.6. The normalized spacial score (nSPS) is 33.3. The smallest absolute Gasteiger partial charge is 0.230 e. The van der Waals surface area contributed by atoms with Crippen LogP contribution in [0.1, 0.15) is 68.7 Å². The Kier molecular flexibility index (Phi) is 5.01. The van der Waals surface area contributed by atoms with Gasteiger partial charge in [-0.15, -0.1) is 11.3 Å². The second-order valence-corrected chi connectivity index (χ2v) is 10.5. The summed E-state index contributed by atoms with van der Waals surface area (Å²) in [5.74, 6) is 2.36. The molecule has 2 saturated carbocycles. The molecule has 2 atom stereocenters. The lowest BCUT2D eigenvalue weighted by atomic mass is 9.76. The number of hydrogen-bond acceptors (Lipinski definition) is 4. The minimum Gasteiger partial charge on any atom is -0.342 e. The summed E-state index contributed by atoms with van der Waals surface area (Å²) in [4.78, 5) is 23.1. The third-order valence-corrected chi connectivity index (χ3v) is 8.74. The number of hydrogen-bond donors (Lipinski definition) is 0. The van der Waals surface area contributed by atoms with Crippen molar-refractivity contribution in [3.8, 4) is 0 Å². The second kappa shape index (κ2) is 7.47. The Hall–Kier alpha value is -0.940. The van der Waals surface area contributed by atoms with Gasteiger partial charge in [0, 0.05) is 50.2 Å². The molecule has 1 aromatic rings. The van der Waals surface area contributed by atoms with Crippen LogP contribution in [-0.2, 0) is 4.79 Å². The quantitative estimate of drug-likeness (QED) is 0.762. The Morgan fingerprint density at radius 1 is 1.07 bits per heavy atom. The highest BCUT2D eigenvalue weighted by molar-refractivity contribution is 7.09. The first-order chi connectivity index (χ1) is 13.2. The van der Waals surface area contributed by atoms with Crippen LogP contribution in [0.2, 0.25) is 0 Å². The number of aromatic nitrogens is 1. The van der Waals surface area contributed by atoms with E-state index in [4.69, 9.17) is 0 Å². The lowest BCUT2D eigenvalue weighted by Crippen LogP contribution is -2.42. The molecule has 5 rings (SSSR count). The van der Waals surface area contributed by atoms with Gasteiger partial charge in [-0.05, 0) is 43.9 Å². The molecule has 2 aliphatic heterocycles. The SMILES string of the molecule is O=C1N(CC2CCC2)CC[C@@]12CN(CC1CCCCC1)C[C@@H]2c1nccs1. The van der Waals surface area contributed by atoms with Crippen LogP contribution < -0.4 is 0 Å². The molecule has 1 aromatic heterocycles. The number of carbonyl (C=O) groups excluding carboxylic acids is 1. The number of carbonyl (C=O) groups is 1. The van der Waals surface area contributed by atoms with Gasteiger partial charge >= 0.3 is 0 Å². The summed E-state index contributed by atoms with van der Waals surface area (Å²) in [7, 11) is 0. The van der Waals surface area contributed by atoms with Gasteiger partial charge in [-0.25, -0.2) is 4.98 Å². The van der Waals surface area contributed by atoms with E-state index in [2.05, 4.69) is 20.2 Å². The summed E-state index contributed by atoms with van der Waals surface area (Å²) < 4.78 is 0. The number of likely N-dealkylation sites (tertiary alicyclic amines) is 2. The third kappa shape index (κ3) is 3.35. The Bertz CT molecular complexity index is 653. The van der Waals surface area contributed by atoms with Crippen molar-refractivity contribution in [2.75, 3.05) is 32.7 Å². The Morgan fingerprint density at radius 3 is 2.56 bits per heavy atom. The van der Waals surface area contributed by atoms with Gasteiger partial charge in [-0.2, -0.15) is 0 Å². The molecule has 4 aliphatic rings. The number of amides is 1. The van der Waals surface area contributed by atoms with Crippen LogP contribution in [0.25, 0.3) is 0 Å². The second-order valence-electron chi connectivity index (χ2n) is 9.58. The maximum Gasteiger partial charge on any atom is 0.230 e. The van der Waals surface area contributed by atoms with Gasteiger partial charge in [0.05, 0.1) is 10.4 Å². The summed E-state index contributed by atoms with van der Waals surface area (Å²) >= 11 is 1.75. The van der Waals surface area contributed by atoms with E-state index in [9.17, 15) is 4.79 Å². The molecular weight excluding hydrogens is 354 g/mol. The van der Waals surface area contributed by atoms with Crippen LogP contribution in [0.4, 0.5) is 0 Å². The average molecular weight is 388 g/mol. The summed E-state index contributed by atoms with van der Waals surface area (Å²) in [6.07, 6.45) is 13.9. The van der Waals surface area contributed by atoms with E-state index in [1.807, 2.05) is 6.20 Å². The molecule has 2 saturated heterocycles. The molecule has 27 heavy (non-hydrogen) atoms. The summed E-state index contributed by atoms with van der Waals surface area (Å²) in [5.41, 5.74) is -0.198. The van der Waals surface area contributed by atoms with Gasteiger partial charge in [-0.3, -0.25) is 4.79 Å². The fourth-order valence-corrected chi connectivity index (χ4v) is 6.94. The molecule has 3 heterocycles. The lowest BCUT2D eigenvalue weighted by molar-refractivity contribution is -0.137. The Balaban J connectivity index is 1.34. The van der Waals surface area contributed by atoms with E-state index in [1.165, 1.54) is 62.9 Å². The van der Waals surface area contributed by atoms with Crippen molar-refractivity contribution >= 4 is 17.2 Å². The fraction of sp³-hybridized carbons (Fsp3) is 0.818. The van der Waals surface area contributed by atoms with E-state index in [0.29, 0.717) is 11.8 Å². The maximum absolute atomic E-state index is 13.6. The first kappa shape index (κ1) is 18.1. The van der Waals surface area contributed by atoms with E-state index >= 15 is 0 Å². The molecule has 0 N–H and O–H groups in total. The van der Waals surface area contributed by atoms with Crippen molar-refractivity contribution in [2.24, 2.45) is 17.3 Å².